The minimum Gasteiger partial charge on any atom is -0.490 e. The van der Waals surface area contributed by atoms with E-state index in [1.807, 2.05) is 48.7 Å². The van der Waals surface area contributed by atoms with E-state index >= 15 is 0 Å². The Kier molecular flexibility index (Phi) is 4.75. The molecule has 8 nitrogen and oxygen atoms in total. The fourth-order valence-corrected chi connectivity index (χ4v) is 4.05. The van der Waals surface area contributed by atoms with Crippen LogP contribution in [0.5, 0.6) is 11.5 Å². The molecule has 164 valence electrons. The second kappa shape index (κ2) is 8.05. The topological polar surface area (TPSA) is 83.5 Å². The molecule has 8 heteroatoms. The normalized spacial score (nSPS) is 13.3. The maximum atomic E-state index is 13.1. The Labute approximate surface area is 189 Å². The van der Waals surface area contributed by atoms with E-state index in [0.29, 0.717) is 48.0 Å². The number of fused-ring (bicyclic) bond motifs is 4. The molecule has 0 atom stereocenters. The lowest BCUT2D eigenvalue weighted by Crippen LogP contribution is -2.21. The van der Waals surface area contributed by atoms with Crippen LogP contribution in [0.1, 0.15) is 12.0 Å². The van der Waals surface area contributed by atoms with Crippen molar-refractivity contribution in [2.45, 2.75) is 19.4 Å². The van der Waals surface area contributed by atoms with Gasteiger partial charge in [0.05, 0.1) is 24.1 Å². The lowest BCUT2D eigenvalue weighted by Gasteiger charge is -2.08. The van der Waals surface area contributed by atoms with Gasteiger partial charge in [-0.3, -0.25) is 4.79 Å². The van der Waals surface area contributed by atoms with Gasteiger partial charge in [0.25, 0.3) is 11.3 Å². The van der Waals surface area contributed by atoms with Crippen molar-refractivity contribution >= 4 is 16.7 Å². The molecule has 3 aromatic heterocycles. The summed E-state index contributed by atoms with van der Waals surface area (Å²) >= 11 is 0. The Balaban J connectivity index is 1.37. The Morgan fingerprint density at radius 3 is 2.70 bits per heavy atom. The molecule has 0 N–H and O–H groups in total. The zero-order chi connectivity index (χ0) is 22.2. The van der Waals surface area contributed by atoms with Crippen molar-refractivity contribution in [3.63, 3.8) is 0 Å². The van der Waals surface area contributed by atoms with Crippen LogP contribution >= 0.6 is 0 Å². The first kappa shape index (κ1) is 19.5. The lowest BCUT2D eigenvalue weighted by molar-refractivity contribution is 0.297. The monoisotopic (exact) mass is 439 g/mol. The number of benzene rings is 2. The molecule has 0 amide bonds. The van der Waals surface area contributed by atoms with E-state index in [2.05, 4.69) is 27.2 Å². The summed E-state index contributed by atoms with van der Waals surface area (Å²) < 4.78 is 14.8. The van der Waals surface area contributed by atoms with Gasteiger partial charge in [-0.2, -0.15) is 9.50 Å². The zero-order valence-corrected chi connectivity index (χ0v) is 17.8. The van der Waals surface area contributed by atoms with Gasteiger partial charge in [-0.05, 0) is 36.2 Å². The highest BCUT2D eigenvalue weighted by Crippen LogP contribution is 2.33. The third-order valence-electron chi connectivity index (χ3n) is 5.80. The SMILES string of the molecule is O=c1c2cnc3nc(-c4ccc5c(c4)OCCCO5)nn3c2ccn1CCc1ccccc1. The molecular weight excluding hydrogens is 418 g/mol. The van der Waals surface area contributed by atoms with Crippen LogP contribution in [-0.4, -0.2) is 37.4 Å². The Morgan fingerprint density at radius 1 is 0.970 bits per heavy atom. The van der Waals surface area contributed by atoms with Crippen molar-refractivity contribution in [2.75, 3.05) is 13.2 Å². The van der Waals surface area contributed by atoms with Gasteiger partial charge in [-0.25, -0.2) is 4.98 Å². The number of pyridine rings is 1. The van der Waals surface area contributed by atoms with E-state index in [1.54, 1.807) is 15.3 Å². The van der Waals surface area contributed by atoms with Crippen molar-refractivity contribution in [3.8, 4) is 22.9 Å². The largest absolute Gasteiger partial charge is 0.490 e. The molecule has 0 aliphatic carbocycles. The summed E-state index contributed by atoms with van der Waals surface area (Å²) in [7, 11) is 0. The first-order chi connectivity index (χ1) is 16.3. The first-order valence-corrected chi connectivity index (χ1v) is 11.0. The number of hydrogen-bond acceptors (Lipinski definition) is 6. The molecule has 0 saturated heterocycles. The third-order valence-corrected chi connectivity index (χ3v) is 5.80. The molecule has 0 fully saturated rings. The minimum absolute atomic E-state index is 0.0922. The molecular formula is C25H21N5O3. The van der Waals surface area contributed by atoms with Gasteiger partial charge in [0.2, 0.25) is 0 Å². The van der Waals surface area contributed by atoms with Crippen LogP contribution in [0.15, 0.2) is 71.8 Å². The predicted octanol–water partition coefficient (Wildman–Crippen LogP) is 3.51. The highest BCUT2D eigenvalue weighted by molar-refractivity contribution is 5.79. The Morgan fingerprint density at radius 2 is 1.82 bits per heavy atom. The maximum Gasteiger partial charge on any atom is 0.261 e. The molecule has 33 heavy (non-hydrogen) atoms. The van der Waals surface area contributed by atoms with Crippen molar-refractivity contribution in [3.05, 3.63) is 82.9 Å². The maximum absolute atomic E-state index is 13.1. The number of aryl methyl sites for hydroxylation is 2. The second-order valence-electron chi connectivity index (χ2n) is 7.97. The highest BCUT2D eigenvalue weighted by Gasteiger charge is 2.16. The molecule has 4 heterocycles. The van der Waals surface area contributed by atoms with Crippen LogP contribution in [0.25, 0.3) is 28.1 Å². The first-order valence-electron chi connectivity index (χ1n) is 11.0. The van der Waals surface area contributed by atoms with Crippen LogP contribution in [0.2, 0.25) is 0 Å². The summed E-state index contributed by atoms with van der Waals surface area (Å²) in [5.74, 6) is 2.35. The van der Waals surface area contributed by atoms with Crippen LogP contribution in [0.4, 0.5) is 0 Å². The summed E-state index contributed by atoms with van der Waals surface area (Å²) in [6.45, 7) is 1.84. The number of nitrogens with zero attached hydrogens (tertiary/aromatic N) is 5. The van der Waals surface area contributed by atoms with Gasteiger partial charge in [0.15, 0.2) is 17.3 Å². The van der Waals surface area contributed by atoms with E-state index in [0.717, 1.165) is 24.2 Å². The summed E-state index contributed by atoms with van der Waals surface area (Å²) in [4.78, 5) is 22.1. The Bertz CT molecular complexity index is 1520. The standard InChI is InChI=1S/C25H21N5O3/c31-24-19-16-26-25-27-23(18-7-8-21-22(15-18)33-14-4-13-32-21)28-30(25)20(19)10-12-29(24)11-9-17-5-2-1-3-6-17/h1-3,5-8,10,12,15-16H,4,9,11,13-14H2. The van der Waals surface area contributed by atoms with Gasteiger partial charge < -0.3 is 14.0 Å². The summed E-state index contributed by atoms with van der Waals surface area (Å²) in [6, 6.07) is 17.7. The van der Waals surface area contributed by atoms with E-state index in [9.17, 15) is 4.79 Å². The zero-order valence-electron chi connectivity index (χ0n) is 17.8. The molecule has 1 aliphatic heterocycles. The number of hydrogen-bond donors (Lipinski definition) is 0. The number of ether oxygens (including phenoxy) is 2. The quantitative estimate of drug-likeness (QED) is 0.426. The third kappa shape index (κ3) is 3.59. The smallest absolute Gasteiger partial charge is 0.261 e. The molecule has 2 aromatic carbocycles. The van der Waals surface area contributed by atoms with Crippen LogP contribution in [-0.2, 0) is 13.0 Å². The molecule has 6 rings (SSSR count). The van der Waals surface area contributed by atoms with E-state index in [4.69, 9.17) is 9.47 Å². The van der Waals surface area contributed by atoms with E-state index < -0.39 is 0 Å². The van der Waals surface area contributed by atoms with Crippen molar-refractivity contribution in [2.24, 2.45) is 0 Å². The van der Waals surface area contributed by atoms with Crippen LogP contribution in [0, 0.1) is 0 Å². The summed E-state index contributed by atoms with van der Waals surface area (Å²) in [5.41, 5.74) is 2.57. The fraction of sp³-hybridized carbons (Fsp3) is 0.200. The van der Waals surface area contributed by atoms with E-state index in [1.165, 1.54) is 5.56 Å². The van der Waals surface area contributed by atoms with Gasteiger partial charge in [-0.15, -0.1) is 5.10 Å². The molecule has 0 saturated carbocycles. The lowest BCUT2D eigenvalue weighted by atomic mass is 10.1. The van der Waals surface area contributed by atoms with Gasteiger partial charge in [-0.1, -0.05) is 30.3 Å². The van der Waals surface area contributed by atoms with Crippen molar-refractivity contribution < 1.29 is 9.47 Å². The molecule has 0 radical (unpaired) electrons. The van der Waals surface area contributed by atoms with Crippen LogP contribution in [0.3, 0.4) is 0 Å². The van der Waals surface area contributed by atoms with Gasteiger partial charge in [0.1, 0.15) is 0 Å². The minimum atomic E-state index is -0.0922. The predicted molar refractivity (Wildman–Crippen MR) is 124 cm³/mol. The Hall–Kier alpha value is -4.20. The molecule has 1 aliphatic rings. The van der Waals surface area contributed by atoms with Crippen molar-refractivity contribution in [1.82, 2.24) is 24.1 Å². The highest BCUT2D eigenvalue weighted by atomic mass is 16.5. The van der Waals surface area contributed by atoms with Crippen molar-refractivity contribution in [1.29, 1.82) is 0 Å². The number of aromatic nitrogens is 5. The average molecular weight is 439 g/mol. The number of rotatable bonds is 4. The summed E-state index contributed by atoms with van der Waals surface area (Å²) in [5, 5.41) is 5.15. The average Bonchev–Trinajstić information content (AvgIpc) is 3.16. The molecule has 0 bridgehead atoms. The molecule has 0 spiro atoms. The molecule has 0 unspecified atom stereocenters. The summed E-state index contributed by atoms with van der Waals surface area (Å²) in [6.07, 6.45) is 5.01. The second-order valence-corrected chi connectivity index (χ2v) is 7.97. The van der Waals surface area contributed by atoms with Crippen LogP contribution < -0.4 is 15.0 Å². The fourth-order valence-electron chi connectivity index (χ4n) is 4.05. The van der Waals surface area contributed by atoms with Gasteiger partial charge >= 0.3 is 0 Å². The molecule has 5 aromatic rings. The van der Waals surface area contributed by atoms with Gasteiger partial charge in [0, 0.05) is 30.9 Å². The van der Waals surface area contributed by atoms with E-state index in [-0.39, 0.29) is 5.56 Å².